The van der Waals surface area contributed by atoms with Gasteiger partial charge in [-0.1, -0.05) is 58.7 Å². The Kier molecular flexibility index (Phi) is 6.65. The lowest BCUT2D eigenvalue weighted by Crippen LogP contribution is -2.08. The second-order valence-corrected chi connectivity index (χ2v) is 7.48. The third-order valence-electron chi connectivity index (χ3n) is 3.53. The van der Waals surface area contributed by atoms with Gasteiger partial charge in [0.2, 0.25) is 0 Å². The lowest BCUT2D eigenvalue weighted by Gasteiger charge is -2.12. The molecule has 3 aromatic rings. The van der Waals surface area contributed by atoms with Gasteiger partial charge in [-0.2, -0.15) is 0 Å². The van der Waals surface area contributed by atoms with E-state index in [0.29, 0.717) is 43.9 Å². The molecule has 2 aromatic carbocycles. The molecule has 0 unspecified atom stereocenters. The fourth-order valence-corrected chi connectivity index (χ4v) is 3.63. The van der Waals surface area contributed by atoms with Crippen molar-refractivity contribution in [3.05, 3.63) is 57.5 Å². The normalized spacial score (nSPS) is 10.8. The number of benzene rings is 2. The van der Waals surface area contributed by atoms with Crippen molar-refractivity contribution in [1.29, 1.82) is 0 Å². The Morgan fingerprint density at radius 1 is 1.07 bits per heavy atom. The average molecular weight is 443 g/mol. The van der Waals surface area contributed by atoms with E-state index in [1.54, 1.807) is 35.8 Å². The minimum Gasteiger partial charge on any atom is -0.465 e. The van der Waals surface area contributed by atoms with Crippen LogP contribution in [0.15, 0.2) is 47.6 Å². The van der Waals surface area contributed by atoms with Crippen molar-refractivity contribution in [3.63, 3.8) is 0 Å². The summed E-state index contributed by atoms with van der Waals surface area (Å²) in [5.41, 5.74) is 1.41. The van der Waals surface area contributed by atoms with E-state index >= 15 is 0 Å². The quantitative estimate of drug-likeness (QED) is 0.370. The first kappa shape index (κ1) is 20.0. The topological polar surface area (TPSA) is 57.0 Å². The van der Waals surface area contributed by atoms with E-state index in [1.807, 2.05) is 18.2 Å². The number of rotatable bonds is 6. The Labute approximate surface area is 175 Å². The van der Waals surface area contributed by atoms with Crippen molar-refractivity contribution in [2.75, 3.05) is 12.4 Å². The van der Waals surface area contributed by atoms with Crippen LogP contribution in [0.4, 0.5) is 0 Å². The Hall–Kier alpha value is -1.73. The number of carbonyl (C=O) groups excluding carboxylic acids is 1. The summed E-state index contributed by atoms with van der Waals surface area (Å²) in [6.07, 6.45) is 0. The maximum Gasteiger partial charge on any atom is 0.316 e. The predicted octanol–water partition coefficient (Wildman–Crippen LogP) is 5.55. The Balaban J connectivity index is 2.08. The largest absolute Gasteiger partial charge is 0.465 e. The minimum atomic E-state index is -0.328. The molecule has 0 saturated heterocycles. The van der Waals surface area contributed by atoms with Gasteiger partial charge in [0.05, 0.1) is 33.1 Å². The number of halogens is 3. The van der Waals surface area contributed by atoms with Gasteiger partial charge in [-0.25, -0.2) is 0 Å². The summed E-state index contributed by atoms with van der Waals surface area (Å²) < 4.78 is 6.76. The number of hydrogen-bond donors (Lipinski definition) is 0. The fourth-order valence-electron chi connectivity index (χ4n) is 2.36. The number of aromatic nitrogens is 3. The molecule has 5 nitrogen and oxygen atoms in total. The lowest BCUT2D eigenvalue weighted by molar-refractivity contribution is -0.139. The molecule has 140 valence electrons. The first-order valence-corrected chi connectivity index (χ1v) is 10.1. The smallest absolute Gasteiger partial charge is 0.316 e. The van der Waals surface area contributed by atoms with Crippen LogP contribution in [-0.2, 0) is 9.53 Å². The van der Waals surface area contributed by atoms with E-state index in [1.165, 1.54) is 11.8 Å². The molecule has 1 heterocycles. The molecule has 3 rings (SSSR count). The Bertz CT molecular complexity index is 978. The minimum absolute atomic E-state index is 0.107. The molecule has 0 N–H and O–H groups in total. The van der Waals surface area contributed by atoms with Crippen LogP contribution in [0, 0.1) is 0 Å². The standard InChI is InChI=1S/C18H14Cl3N3O2S/c1-2-26-16(25)10-27-18-23-22-17(12-5-3-4-6-13(12)19)24(18)11-7-8-14(20)15(21)9-11/h3-9H,2,10H2,1H3. The van der Waals surface area contributed by atoms with E-state index in [2.05, 4.69) is 10.2 Å². The molecule has 0 atom stereocenters. The molecular formula is C18H14Cl3N3O2S. The fraction of sp³-hybridized carbons (Fsp3) is 0.167. The highest BCUT2D eigenvalue weighted by molar-refractivity contribution is 7.99. The van der Waals surface area contributed by atoms with Crippen LogP contribution < -0.4 is 0 Å². The number of nitrogens with zero attached hydrogens (tertiary/aromatic N) is 3. The van der Waals surface area contributed by atoms with Crippen LogP contribution in [0.3, 0.4) is 0 Å². The second kappa shape index (κ2) is 8.97. The number of hydrogen-bond acceptors (Lipinski definition) is 5. The number of ether oxygens (including phenoxy) is 1. The average Bonchev–Trinajstić information content (AvgIpc) is 3.06. The van der Waals surface area contributed by atoms with E-state index in [0.717, 1.165) is 0 Å². The summed E-state index contributed by atoms with van der Waals surface area (Å²) in [7, 11) is 0. The number of esters is 1. The van der Waals surface area contributed by atoms with Crippen LogP contribution in [-0.4, -0.2) is 33.1 Å². The molecule has 0 aliphatic rings. The highest BCUT2D eigenvalue weighted by Crippen LogP contribution is 2.33. The van der Waals surface area contributed by atoms with E-state index < -0.39 is 0 Å². The van der Waals surface area contributed by atoms with Gasteiger partial charge >= 0.3 is 5.97 Å². The predicted molar refractivity (Wildman–Crippen MR) is 109 cm³/mol. The van der Waals surface area contributed by atoms with Crippen LogP contribution in [0.2, 0.25) is 15.1 Å². The van der Waals surface area contributed by atoms with Gasteiger partial charge in [0.15, 0.2) is 11.0 Å². The molecule has 0 amide bonds. The Morgan fingerprint density at radius 2 is 1.85 bits per heavy atom. The van der Waals surface area contributed by atoms with Gasteiger partial charge in [-0.3, -0.25) is 9.36 Å². The van der Waals surface area contributed by atoms with Crippen LogP contribution in [0.25, 0.3) is 17.1 Å². The molecular weight excluding hydrogens is 429 g/mol. The monoisotopic (exact) mass is 441 g/mol. The molecule has 0 aliphatic heterocycles. The molecule has 27 heavy (non-hydrogen) atoms. The first-order chi connectivity index (χ1) is 13.0. The van der Waals surface area contributed by atoms with E-state index in [9.17, 15) is 4.79 Å². The maximum absolute atomic E-state index is 11.7. The molecule has 0 spiro atoms. The Morgan fingerprint density at radius 3 is 2.56 bits per heavy atom. The van der Waals surface area contributed by atoms with Gasteiger partial charge in [0.25, 0.3) is 0 Å². The number of thioether (sulfide) groups is 1. The zero-order valence-corrected chi connectivity index (χ0v) is 17.2. The van der Waals surface area contributed by atoms with Crippen molar-refractivity contribution in [3.8, 4) is 17.1 Å². The first-order valence-electron chi connectivity index (χ1n) is 7.95. The maximum atomic E-state index is 11.7. The highest BCUT2D eigenvalue weighted by Gasteiger charge is 2.19. The zero-order valence-electron chi connectivity index (χ0n) is 14.2. The van der Waals surface area contributed by atoms with Crippen molar-refractivity contribution in [2.45, 2.75) is 12.1 Å². The molecule has 1 aromatic heterocycles. The van der Waals surface area contributed by atoms with Crippen LogP contribution in [0.1, 0.15) is 6.92 Å². The molecule has 0 saturated carbocycles. The number of carbonyl (C=O) groups is 1. The van der Waals surface area contributed by atoms with Crippen molar-refractivity contribution < 1.29 is 9.53 Å². The molecule has 0 fully saturated rings. The lowest BCUT2D eigenvalue weighted by atomic mass is 10.2. The summed E-state index contributed by atoms with van der Waals surface area (Å²) in [4.78, 5) is 11.7. The molecule has 0 aliphatic carbocycles. The molecule has 0 bridgehead atoms. The summed E-state index contributed by atoms with van der Waals surface area (Å²) in [6.45, 7) is 2.08. The van der Waals surface area contributed by atoms with Gasteiger partial charge in [0, 0.05) is 5.56 Å². The summed E-state index contributed by atoms with van der Waals surface area (Å²) in [5.74, 6) is 0.311. The van der Waals surface area contributed by atoms with Crippen molar-refractivity contribution >= 4 is 52.5 Å². The SMILES string of the molecule is CCOC(=O)CSc1nnc(-c2ccccc2Cl)n1-c1ccc(Cl)c(Cl)c1. The van der Waals surface area contributed by atoms with Gasteiger partial charge in [-0.05, 0) is 37.3 Å². The van der Waals surface area contributed by atoms with Crippen molar-refractivity contribution in [1.82, 2.24) is 14.8 Å². The summed E-state index contributed by atoms with van der Waals surface area (Å²) in [6, 6.07) is 12.5. The van der Waals surface area contributed by atoms with Gasteiger partial charge in [-0.15, -0.1) is 10.2 Å². The van der Waals surface area contributed by atoms with Crippen LogP contribution in [0.5, 0.6) is 0 Å². The summed E-state index contributed by atoms with van der Waals surface area (Å²) in [5, 5.41) is 10.4. The van der Waals surface area contributed by atoms with Gasteiger partial charge < -0.3 is 4.74 Å². The van der Waals surface area contributed by atoms with E-state index in [-0.39, 0.29) is 11.7 Å². The second-order valence-electron chi connectivity index (χ2n) is 5.31. The third kappa shape index (κ3) is 4.58. The third-order valence-corrected chi connectivity index (χ3v) is 5.51. The zero-order chi connectivity index (χ0) is 19.4. The molecule has 0 radical (unpaired) electrons. The van der Waals surface area contributed by atoms with Crippen molar-refractivity contribution in [2.24, 2.45) is 0 Å². The van der Waals surface area contributed by atoms with Gasteiger partial charge in [0.1, 0.15) is 0 Å². The summed E-state index contributed by atoms with van der Waals surface area (Å²) >= 11 is 19.8. The molecule has 9 heteroatoms. The van der Waals surface area contributed by atoms with Crippen LogP contribution >= 0.6 is 46.6 Å². The highest BCUT2D eigenvalue weighted by atomic mass is 35.5. The van der Waals surface area contributed by atoms with E-state index in [4.69, 9.17) is 39.5 Å².